The molecule has 5 heteroatoms. The second kappa shape index (κ2) is 10.4. The second-order valence-corrected chi connectivity index (χ2v) is 11.3. The van der Waals surface area contributed by atoms with Crippen molar-refractivity contribution in [2.24, 2.45) is 11.8 Å². The van der Waals surface area contributed by atoms with Gasteiger partial charge in [-0.3, -0.25) is 9.59 Å². The van der Waals surface area contributed by atoms with Gasteiger partial charge in [0.15, 0.2) is 0 Å². The van der Waals surface area contributed by atoms with Crippen LogP contribution in [0.15, 0.2) is 82.6 Å². The van der Waals surface area contributed by atoms with Crippen LogP contribution in [0.1, 0.15) is 47.3 Å². The summed E-state index contributed by atoms with van der Waals surface area (Å²) in [5.74, 6) is 1.15. The molecule has 1 fully saturated rings. The van der Waals surface area contributed by atoms with Crippen molar-refractivity contribution < 1.29 is 9.59 Å². The number of para-hydroxylation sites is 1. The molecule has 1 saturated heterocycles. The van der Waals surface area contributed by atoms with Crippen molar-refractivity contribution in [3.8, 4) is 0 Å². The second-order valence-electron chi connectivity index (χ2n) is 10.2. The average molecular weight is 497 g/mol. The average Bonchev–Trinajstić information content (AvgIpc) is 2.87. The molecule has 0 aliphatic carbocycles. The number of hydrogen-bond donors (Lipinski definition) is 0. The first-order valence-electron chi connectivity index (χ1n) is 12.6. The minimum Gasteiger partial charge on any atom is -0.338 e. The van der Waals surface area contributed by atoms with Gasteiger partial charge in [0.1, 0.15) is 0 Å². The van der Waals surface area contributed by atoms with Crippen LogP contribution in [-0.4, -0.2) is 29.8 Å². The van der Waals surface area contributed by atoms with Crippen molar-refractivity contribution in [3.63, 3.8) is 0 Å². The predicted molar refractivity (Wildman–Crippen MR) is 148 cm³/mol. The maximum absolute atomic E-state index is 13.6. The number of nitrogens with zero attached hydrogens (tertiary/aromatic N) is 2. The summed E-state index contributed by atoms with van der Waals surface area (Å²) in [7, 11) is 0. The summed E-state index contributed by atoms with van der Waals surface area (Å²) in [6.07, 6.45) is 3.11. The van der Waals surface area contributed by atoms with E-state index in [1.54, 1.807) is 0 Å². The van der Waals surface area contributed by atoms with Gasteiger partial charge in [0, 0.05) is 23.5 Å². The summed E-state index contributed by atoms with van der Waals surface area (Å²) in [6, 6.07) is 23.9. The lowest BCUT2D eigenvalue weighted by Gasteiger charge is -2.35. The van der Waals surface area contributed by atoms with E-state index in [-0.39, 0.29) is 11.8 Å². The summed E-state index contributed by atoms with van der Waals surface area (Å²) in [6.45, 7) is 8.66. The Hall–Kier alpha value is -3.31. The van der Waals surface area contributed by atoms with Crippen LogP contribution in [0.2, 0.25) is 0 Å². The molecule has 2 atom stereocenters. The van der Waals surface area contributed by atoms with Crippen LogP contribution in [0.3, 0.4) is 0 Å². The van der Waals surface area contributed by atoms with Gasteiger partial charge in [-0.2, -0.15) is 0 Å². The lowest BCUT2D eigenvalue weighted by molar-refractivity contribution is -0.114. The van der Waals surface area contributed by atoms with Crippen LogP contribution < -0.4 is 4.90 Å². The molecule has 3 aromatic rings. The van der Waals surface area contributed by atoms with Crippen molar-refractivity contribution in [1.82, 2.24) is 4.90 Å². The first-order valence-corrected chi connectivity index (χ1v) is 13.4. The van der Waals surface area contributed by atoms with E-state index >= 15 is 0 Å². The minimum atomic E-state index is -0.00148. The molecule has 3 aromatic carbocycles. The third kappa shape index (κ3) is 5.12. The van der Waals surface area contributed by atoms with Crippen LogP contribution in [0, 0.1) is 18.8 Å². The summed E-state index contributed by atoms with van der Waals surface area (Å²) in [5, 5.41) is 0. The van der Waals surface area contributed by atoms with Crippen LogP contribution >= 0.6 is 11.8 Å². The highest BCUT2D eigenvalue weighted by molar-refractivity contribution is 8.04. The number of benzene rings is 3. The lowest BCUT2D eigenvalue weighted by Crippen LogP contribution is -2.42. The monoisotopic (exact) mass is 496 g/mol. The predicted octanol–water partition coefficient (Wildman–Crippen LogP) is 6.79. The van der Waals surface area contributed by atoms with Gasteiger partial charge in [0.2, 0.25) is 0 Å². The topological polar surface area (TPSA) is 40.6 Å². The molecule has 0 spiro atoms. The van der Waals surface area contributed by atoms with E-state index in [4.69, 9.17) is 0 Å². The Kier molecular flexibility index (Phi) is 7.01. The van der Waals surface area contributed by atoms with E-state index in [1.807, 2.05) is 70.5 Å². The van der Waals surface area contributed by atoms with E-state index < -0.39 is 0 Å². The number of likely N-dealkylation sites (tertiary alicyclic amines) is 1. The van der Waals surface area contributed by atoms with Crippen LogP contribution in [0.25, 0.3) is 6.08 Å². The maximum atomic E-state index is 13.6. The number of piperidine rings is 1. The maximum Gasteiger partial charge on any atom is 0.265 e. The molecule has 184 valence electrons. The number of carbonyl (C=O) groups is 2. The first kappa shape index (κ1) is 24.4. The minimum absolute atomic E-state index is 0.00148. The standard InChI is InChI=1S/C31H32N2O2S/c1-21-16-22(2)19-32(18-21)30(34)25-14-12-24(13-15-25)17-29-31(35)33(20-26-9-5-4-8-23(26)3)27-10-6-7-11-28(27)36-29/h4-15,17,21-22H,16,18-20H2,1-3H3/b29-17+/t21-,22-/m0/s1. The highest BCUT2D eigenvalue weighted by Crippen LogP contribution is 2.42. The number of anilines is 1. The molecule has 4 nitrogen and oxygen atoms in total. The molecule has 2 aliphatic rings. The van der Waals surface area contributed by atoms with Crippen molar-refractivity contribution in [1.29, 1.82) is 0 Å². The Morgan fingerprint density at radius 3 is 2.33 bits per heavy atom. The van der Waals surface area contributed by atoms with Gasteiger partial charge >= 0.3 is 0 Å². The zero-order valence-electron chi connectivity index (χ0n) is 21.1. The highest BCUT2D eigenvalue weighted by Gasteiger charge is 2.30. The van der Waals surface area contributed by atoms with Crippen molar-refractivity contribution in [2.45, 2.75) is 38.6 Å². The molecule has 36 heavy (non-hydrogen) atoms. The number of carbonyl (C=O) groups excluding carboxylic acids is 2. The molecule has 0 radical (unpaired) electrons. The molecule has 2 amide bonds. The van der Waals surface area contributed by atoms with E-state index in [9.17, 15) is 9.59 Å². The van der Waals surface area contributed by atoms with Gasteiger partial charge < -0.3 is 9.80 Å². The molecule has 5 rings (SSSR count). The third-order valence-electron chi connectivity index (χ3n) is 7.03. The molecular formula is C31H32N2O2S. The SMILES string of the molecule is Cc1ccccc1CN1C(=O)/C(=C\c2ccc(C(=O)N3C[C@@H](C)C[C@H](C)C3)cc2)Sc2ccccc21. The van der Waals surface area contributed by atoms with Gasteiger partial charge in [0.05, 0.1) is 17.1 Å². The van der Waals surface area contributed by atoms with E-state index in [0.717, 1.165) is 34.8 Å². The fraction of sp³-hybridized carbons (Fsp3) is 0.290. The summed E-state index contributed by atoms with van der Waals surface area (Å²) >= 11 is 1.51. The molecule has 2 heterocycles. The zero-order chi connectivity index (χ0) is 25.2. The number of aryl methyl sites for hydroxylation is 1. The largest absolute Gasteiger partial charge is 0.338 e. The Bertz CT molecular complexity index is 1300. The van der Waals surface area contributed by atoms with Crippen LogP contribution in [0.4, 0.5) is 5.69 Å². The van der Waals surface area contributed by atoms with E-state index in [2.05, 4.69) is 39.0 Å². The highest BCUT2D eigenvalue weighted by atomic mass is 32.2. The molecule has 0 unspecified atom stereocenters. The molecule has 0 bridgehead atoms. The summed E-state index contributed by atoms with van der Waals surface area (Å²) in [4.78, 5) is 32.3. The lowest BCUT2D eigenvalue weighted by atomic mass is 9.91. The van der Waals surface area contributed by atoms with Gasteiger partial charge in [-0.1, -0.05) is 74.1 Å². The van der Waals surface area contributed by atoms with Crippen LogP contribution in [0.5, 0.6) is 0 Å². The smallest absolute Gasteiger partial charge is 0.265 e. The molecule has 2 aliphatic heterocycles. The fourth-order valence-electron chi connectivity index (χ4n) is 5.26. The first-order chi connectivity index (χ1) is 17.4. The zero-order valence-corrected chi connectivity index (χ0v) is 21.9. The molecule has 0 N–H and O–H groups in total. The Morgan fingerprint density at radius 1 is 0.944 bits per heavy atom. The molecular weight excluding hydrogens is 464 g/mol. The molecule has 0 saturated carbocycles. The van der Waals surface area contributed by atoms with Gasteiger partial charge in [-0.05, 0) is 72.2 Å². The number of rotatable bonds is 4. The van der Waals surface area contributed by atoms with E-state index in [0.29, 0.717) is 28.8 Å². The quantitative estimate of drug-likeness (QED) is 0.373. The van der Waals surface area contributed by atoms with Crippen LogP contribution in [-0.2, 0) is 11.3 Å². The Labute approximate surface area is 218 Å². The summed E-state index contributed by atoms with van der Waals surface area (Å²) < 4.78 is 0. The number of amides is 2. The van der Waals surface area contributed by atoms with Crippen molar-refractivity contribution >= 4 is 35.3 Å². The fourth-order valence-corrected chi connectivity index (χ4v) is 6.32. The van der Waals surface area contributed by atoms with Gasteiger partial charge in [-0.15, -0.1) is 0 Å². The third-order valence-corrected chi connectivity index (χ3v) is 8.11. The van der Waals surface area contributed by atoms with E-state index in [1.165, 1.54) is 23.7 Å². The number of hydrogen-bond acceptors (Lipinski definition) is 3. The normalized spacial score (nSPS) is 21.0. The molecule has 0 aromatic heterocycles. The van der Waals surface area contributed by atoms with Gasteiger partial charge in [-0.25, -0.2) is 0 Å². The van der Waals surface area contributed by atoms with Crippen molar-refractivity contribution in [2.75, 3.05) is 18.0 Å². The number of thioether (sulfide) groups is 1. The Balaban J connectivity index is 1.39. The number of fused-ring (bicyclic) bond motifs is 1. The van der Waals surface area contributed by atoms with Gasteiger partial charge in [0.25, 0.3) is 11.8 Å². The summed E-state index contributed by atoms with van der Waals surface area (Å²) in [5.41, 5.74) is 4.87. The Morgan fingerprint density at radius 2 is 1.61 bits per heavy atom. The van der Waals surface area contributed by atoms with Crippen molar-refractivity contribution in [3.05, 3.63) is 100.0 Å².